The van der Waals surface area contributed by atoms with E-state index in [2.05, 4.69) is 54.6 Å². The van der Waals surface area contributed by atoms with Gasteiger partial charge in [-0.1, -0.05) is 36.5 Å². The maximum absolute atomic E-state index is 11.7. The van der Waals surface area contributed by atoms with Crippen molar-refractivity contribution in [1.29, 1.82) is 0 Å². The van der Waals surface area contributed by atoms with E-state index in [-0.39, 0.29) is 11.8 Å². The van der Waals surface area contributed by atoms with E-state index in [9.17, 15) is 4.79 Å². The maximum atomic E-state index is 11.7. The van der Waals surface area contributed by atoms with Crippen molar-refractivity contribution in [2.24, 2.45) is 0 Å². The van der Waals surface area contributed by atoms with Crippen LogP contribution in [0.4, 0.5) is 10.9 Å². The maximum Gasteiger partial charge on any atom is 0.223 e. The molecule has 0 fully saturated rings. The molecule has 0 bridgehead atoms. The van der Waals surface area contributed by atoms with E-state index in [0.717, 1.165) is 57.6 Å². The largest absolute Gasteiger partial charge is 0.370 e. The van der Waals surface area contributed by atoms with Crippen molar-refractivity contribution in [1.82, 2.24) is 19.7 Å². The number of hydrogen-bond donors (Lipinski definition) is 2. The van der Waals surface area contributed by atoms with E-state index in [1.54, 1.807) is 0 Å². The van der Waals surface area contributed by atoms with Gasteiger partial charge in [0.15, 0.2) is 5.13 Å². The fraction of sp³-hybridized carbons (Fsp3) is 0.280. The molecule has 1 aromatic carbocycles. The highest BCUT2D eigenvalue weighted by molar-refractivity contribution is 7.19. The van der Waals surface area contributed by atoms with Crippen molar-refractivity contribution in [3.63, 3.8) is 0 Å². The van der Waals surface area contributed by atoms with Gasteiger partial charge in [0.25, 0.3) is 0 Å². The van der Waals surface area contributed by atoms with Gasteiger partial charge < -0.3 is 10.6 Å². The van der Waals surface area contributed by atoms with Crippen molar-refractivity contribution in [2.75, 3.05) is 17.2 Å². The fourth-order valence-electron chi connectivity index (χ4n) is 4.39. The van der Waals surface area contributed by atoms with Gasteiger partial charge in [0.1, 0.15) is 5.82 Å². The molecule has 3 heterocycles. The van der Waals surface area contributed by atoms with Crippen LogP contribution in [-0.4, -0.2) is 32.2 Å². The monoisotopic (exact) mass is 458 g/mol. The van der Waals surface area contributed by atoms with E-state index in [4.69, 9.17) is 10.1 Å². The second kappa shape index (κ2) is 8.44. The molecule has 1 amide bonds. The van der Waals surface area contributed by atoms with Crippen LogP contribution in [0.15, 0.2) is 42.6 Å². The lowest BCUT2D eigenvalue weighted by atomic mass is 9.86. The first-order valence-corrected chi connectivity index (χ1v) is 11.9. The lowest BCUT2D eigenvalue weighted by Crippen LogP contribution is -2.10. The number of carbonyl (C=O) groups is 1. The number of anilines is 2. The number of carbonyl (C=O) groups excluding carboxylic acids is 1. The van der Waals surface area contributed by atoms with Gasteiger partial charge in [-0.2, -0.15) is 5.10 Å². The molecule has 1 aliphatic carbocycles. The predicted molar refractivity (Wildman–Crippen MR) is 133 cm³/mol. The second-order valence-electron chi connectivity index (χ2n) is 8.35. The summed E-state index contributed by atoms with van der Waals surface area (Å²) in [7, 11) is 0. The first-order chi connectivity index (χ1) is 16.0. The summed E-state index contributed by atoms with van der Waals surface area (Å²) >= 11 is 1.51. The number of rotatable bonds is 5. The number of fused-ring (bicyclic) bond motifs is 3. The van der Waals surface area contributed by atoms with Crippen LogP contribution in [-0.2, 0) is 11.2 Å². The van der Waals surface area contributed by atoms with Crippen LogP contribution in [0.25, 0.3) is 27.5 Å². The number of aromatic nitrogens is 4. The van der Waals surface area contributed by atoms with Crippen LogP contribution < -0.4 is 10.6 Å². The quantitative estimate of drug-likeness (QED) is 0.417. The summed E-state index contributed by atoms with van der Waals surface area (Å²) < 4.78 is 2.04. The van der Waals surface area contributed by atoms with Crippen LogP contribution in [0, 0.1) is 6.92 Å². The third-order valence-electron chi connectivity index (χ3n) is 5.85. The SMILES string of the molecule is CCNc1ccc(-c2nn(-c3ccccc3C)c3c2C(C)Cc2nc(NC(C)=O)sc2-3)cn1. The molecule has 0 saturated heterocycles. The summed E-state index contributed by atoms with van der Waals surface area (Å²) in [5.41, 5.74) is 7.36. The number of amides is 1. The van der Waals surface area contributed by atoms with Crippen molar-refractivity contribution in [3.05, 3.63) is 59.4 Å². The zero-order valence-electron chi connectivity index (χ0n) is 19.1. The number of nitrogens with one attached hydrogen (secondary N) is 2. The zero-order valence-corrected chi connectivity index (χ0v) is 20.0. The van der Waals surface area contributed by atoms with E-state index in [1.165, 1.54) is 23.8 Å². The Balaban J connectivity index is 1.74. The Morgan fingerprint density at radius 1 is 1.24 bits per heavy atom. The van der Waals surface area contributed by atoms with E-state index in [0.29, 0.717) is 5.13 Å². The minimum atomic E-state index is -0.116. The molecular weight excluding hydrogens is 432 g/mol. The van der Waals surface area contributed by atoms with Crippen molar-refractivity contribution in [3.8, 4) is 27.5 Å². The van der Waals surface area contributed by atoms with Gasteiger partial charge in [0, 0.05) is 30.8 Å². The first kappa shape index (κ1) is 21.3. The third kappa shape index (κ3) is 3.80. The minimum absolute atomic E-state index is 0.116. The highest BCUT2D eigenvalue weighted by Crippen LogP contribution is 2.48. The molecule has 3 aromatic heterocycles. The normalized spacial score (nSPS) is 14.5. The van der Waals surface area contributed by atoms with Gasteiger partial charge in [-0.25, -0.2) is 14.6 Å². The Labute approximate surface area is 196 Å². The number of para-hydroxylation sites is 1. The minimum Gasteiger partial charge on any atom is -0.370 e. The topological polar surface area (TPSA) is 84.7 Å². The van der Waals surface area contributed by atoms with Crippen LogP contribution in [0.3, 0.4) is 0 Å². The van der Waals surface area contributed by atoms with E-state index in [1.807, 2.05) is 29.1 Å². The molecule has 0 radical (unpaired) electrons. The first-order valence-electron chi connectivity index (χ1n) is 11.1. The van der Waals surface area contributed by atoms with Gasteiger partial charge in [0.2, 0.25) is 5.91 Å². The molecule has 2 N–H and O–H groups in total. The molecule has 5 rings (SSSR count). The Bertz CT molecular complexity index is 1340. The predicted octanol–water partition coefficient (Wildman–Crippen LogP) is 5.42. The van der Waals surface area contributed by atoms with Crippen LogP contribution >= 0.6 is 11.3 Å². The number of hydrogen-bond acceptors (Lipinski definition) is 6. The molecule has 33 heavy (non-hydrogen) atoms. The Morgan fingerprint density at radius 3 is 2.76 bits per heavy atom. The van der Waals surface area contributed by atoms with Gasteiger partial charge in [0.05, 0.1) is 27.6 Å². The molecule has 168 valence electrons. The van der Waals surface area contributed by atoms with Gasteiger partial charge in [-0.3, -0.25) is 4.79 Å². The lowest BCUT2D eigenvalue weighted by Gasteiger charge is -2.20. The molecule has 0 saturated carbocycles. The molecule has 4 aromatic rings. The lowest BCUT2D eigenvalue weighted by molar-refractivity contribution is -0.114. The highest BCUT2D eigenvalue weighted by atomic mass is 32.1. The fourth-order valence-corrected chi connectivity index (χ4v) is 5.48. The molecule has 0 aliphatic heterocycles. The Hall–Kier alpha value is -3.52. The van der Waals surface area contributed by atoms with Gasteiger partial charge in [-0.05, 0) is 49.9 Å². The number of thiazole rings is 1. The molecule has 0 spiro atoms. The van der Waals surface area contributed by atoms with Crippen LogP contribution in [0.1, 0.15) is 43.5 Å². The number of pyridine rings is 1. The average Bonchev–Trinajstić information content (AvgIpc) is 3.36. The molecule has 1 unspecified atom stereocenters. The second-order valence-corrected chi connectivity index (χ2v) is 9.35. The van der Waals surface area contributed by atoms with Crippen molar-refractivity contribution < 1.29 is 4.79 Å². The van der Waals surface area contributed by atoms with Crippen molar-refractivity contribution >= 4 is 28.2 Å². The third-order valence-corrected chi connectivity index (χ3v) is 6.87. The van der Waals surface area contributed by atoms with E-state index >= 15 is 0 Å². The van der Waals surface area contributed by atoms with Crippen molar-refractivity contribution in [2.45, 2.75) is 40.0 Å². The average molecular weight is 459 g/mol. The van der Waals surface area contributed by atoms with Gasteiger partial charge in [-0.15, -0.1) is 0 Å². The number of aryl methyl sites for hydroxylation is 1. The summed E-state index contributed by atoms with van der Waals surface area (Å²) in [5, 5.41) is 11.9. The van der Waals surface area contributed by atoms with Crippen LogP contribution in [0.5, 0.6) is 0 Å². The smallest absolute Gasteiger partial charge is 0.223 e. The van der Waals surface area contributed by atoms with E-state index < -0.39 is 0 Å². The molecule has 8 heteroatoms. The van der Waals surface area contributed by atoms with Gasteiger partial charge >= 0.3 is 0 Å². The number of nitrogens with zero attached hydrogens (tertiary/aromatic N) is 4. The summed E-state index contributed by atoms with van der Waals surface area (Å²) in [4.78, 5) is 22.0. The number of benzene rings is 1. The highest BCUT2D eigenvalue weighted by Gasteiger charge is 2.34. The zero-order chi connectivity index (χ0) is 23.1. The summed E-state index contributed by atoms with van der Waals surface area (Å²) in [6.45, 7) is 8.70. The molecule has 1 atom stereocenters. The standard InChI is InChI=1S/C25H26N6OS/c1-5-26-20-11-10-17(13-27-20)22-21-15(3)12-18-24(33-25(29-18)28-16(4)32)23(21)31(30-22)19-9-7-6-8-14(19)2/h6-11,13,15H,5,12H2,1-4H3,(H,26,27)(H,28,29,32). The summed E-state index contributed by atoms with van der Waals surface area (Å²) in [6, 6.07) is 12.3. The molecule has 1 aliphatic rings. The molecular formula is C25H26N6OS. The van der Waals surface area contributed by atoms with Crippen LogP contribution in [0.2, 0.25) is 0 Å². The molecule has 7 nitrogen and oxygen atoms in total. The Morgan fingerprint density at radius 2 is 2.06 bits per heavy atom. The summed E-state index contributed by atoms with van der Waals surface area (Å²) in [6.07, 6.45) is 2.69. The Kier molecular flexibility index (Phi) is 5.46. The summed E-state index contributed by atoms with van der Waals surface area (Å²) in [5.74, 6) is 0.960.